The number of methoxy groups -OCH3 is 1. The summed E-state index contributed by atoms with van der Waals surface area (Å²) in [7, 11) is 1.64. The molecule has 6 heteroatoms. The summed E-state index contributed by atoms with van der Waals surface area (Å²) in [5.41, 5.74) is 5.14. The Bertz CT molecular complexity index is 1080. The van der Waals surface area contributed by atoms with Crippen molar-refractivity contribution in [3.63, 3.8) is 0 Å². The van der Waals surface area contributed by atoms with E-state index in [9.17, 15) is 9.59 Å². The minimum absolute atomic E-state index is 0.0209. The number of carbonyl (C=O) groups excluding carboxylic acids is 2. The average Bonchev–Trinajstić information content (AvgIpc) is 3.06. The van der Waals surface area contributed by atoms with E-state index < -0.39 is 0 Å². The van der Waals surface area contributed by atoms with E-state index in [0.717, 1.165) is 34.1 Å². The van der Waals surface area contributed by atoms with E-state index in [1.165, 1.54) is 0 Å². The zero-order valence-electron chi connectivity index (χ0n) is 18.7. The maximum atomic E-state index is 12.8. The number of hydrogen-bond acceptors (Lipinski definition) is 3. The van der Waals surface area contributed by atoms with E-state index in [2.05, 4.69) is 10.6 Å². The van der Waals surface area contributed by atoms with Crippen LogP contribution in [0.15, 0.2) is 54.6 Å². The lowest BCUT2D eigenvalue weighted by Gasteiger charge is -2.12. The lowest BCUT2D eigenvalue weighted by molar-refractivity contribution is -0.118. The molecule has 0 spiro atoms. The Morgan fingerprint density at radius 3 is 2.39 bits per heavy atom. The van der Waals surface area contributed by atoms with Crippen molar-refractivity contribution in [2.24, 2.45) is 5.92 Å². The number of benzene rings is 2. The predicted molar refractivity (Wildman–Crippen MR) is 123 cm³/mol. The maximum absolute atomic E-state index is 12.8. The zero-order valence-corrected chi connectivity index (χ0v) is 18.7. The summed E-state index contributed by atoms with van der Waals surface area (Å²) in [6, 6.07) is 17.1. The fraction of sp³-hybridized carbons (Fsp3) is 0.280. The number of nitrogens with zero attached hydrogens (tertiary/aromatic N) is 1. The number of nitrogens with one attached hydrogen (secondary N) is 2. The van der Waals surface area contributed by atoms with Crippen molar-refractivity contribution in [1.82, 2.24) is 9.88 Å². The van der Waals surface area contributed by atoms with Gasteiger partial charge in [0.25, 0.3) is 5.91 Å². The van der Waals surface area contributed by atoms with Gasteiger partial charge in [-0.15, -0.1) is 0 Å². The Hall–Kier alpha value is -3.54. The summed E-state index contributed by atoms with van der Waals surface area (Å²) in [6.45, 7) is 8.02. The minimum Gasteiger partial charge on any atom is -0.497 e. The van der Waals surface area contributed by atoms with E-state index >= 15 is 0 Å². The van der Waals surface area contributed by atoms with E-state index in [1.54, 1.807) is 7.11 Å². The van der Waals surface area contributed by atoms with Crippen LogP contribution in [0.4, 0.5) is 5.69 Å². The highest BCUT2D eigenvalue weighted by Gasteiger charge is 2.17. The quantitative estimate of drug-likeness (QED) is 0.587. The molecule has 0 aliphatic rings. The Labute approximate surface area is 183 Å². The fourth-order valence-corrected chi connectivity index (χ4v) is 3.41. The van der Waals surface area contributed by atoms with Gasteiger partial charge in [-0.05, 0) is 49.7 Å². The molecule has 2 amide bonds. The van der Waals surface area contributed by atoms with E-state index in [-0.39, 0.29) is 17.7 Å². The van der Waals surface area contributed by atoms with Gasteiger partial charge in [0.05, 0.1) is 12.7 Å². The van der Waals surface area contributed by atoms with Crippen LogP contribution in [0.25, 0.3) is 5.69 Å². The molecule has 2 aromatic carbocycles. The highest BCUT2D eigenvalue weighted by molar-refractivity contribution is 5.96. The van der Waals surface area contributed by atoms with Gasteiger partial charge in [0.15, 0.2) is 0 Å². The molecule has 0 radical (unpaired) electrons. The summed E-state index contributed by atoms with van der Waals surface area (Å²) >= 11 is 0. The van der Waals surface area contributed by atoms with Gasteiger partial charge in [0.2, 0.25) is 5.91 Å². The van der Waals surface area contributed by atoms with Gasteiger partial charge in [-0.1, -0.05) is 32.0 Å². The Balaban J connectivity index is 1.69. The molecule has 3 rings (SSSR count). The Kier molecular flexibility index (Phi) is 6.80. The first-order chi connectivity index (χ1) is 14.8. The number of amides is 2. The largest absolute Gasteiger partial charge is 0.497 e. The second-order valence-corrected chi connectivity index (χ2v) is 7.85. The zero-order chi connectivity index (χ0) is 22.5. The minimum atomic E-state index is -0.126. The number of aromatic nitrogens is 1. The van der Waals surface area contributed by atoms with Gasteiger partial charge in [0.1, 0.15) is 5.75 Å². The van der Waals surface area contributed by atoms with Crippen molar-refractivity contribution in [2.45, 2.75) is 34.2 Å². The highest BCUT2D eigenvalue weighted by atomic mass is 16.5. The first-order valence-electron chi connectivity index (χ1n) is 10.3. The number of rotatable bonds is 7. The van der Waals surface area contributed by atoms with Gasteiger partial charge in [-0.2, -0.15) is 0 Å². The van der Waals surface area contributed by atoms with Gasteiger partial charge >= 0.3 is 0 Å². The van der Waals surface area contributed by atoms with E-state index in [0.29, 0.717) is 12.1 Å². The molecule has 0 bridgehead atoms. The van der Waals surface area contributed by atoms with Crippen molar-refractivity contribution in [3.8, 4) is 11.4 Å². The topological polar surface area (TPSA) is 72.4 Å². The molecule has 0 aliphatic carbocycles. The highest BCUT2D eigenvalue weighted by Crippen LogP contribution is 2.24. The van der Waals surface area contributed by atoms with Crippen LogP contribution in [0.3, 0.4) is 0 Å². The third-order valence-corrected chi connectivity index (χ3v) is 5.19. The number of anilines is 1. The van der Waals surface area contributed by atoms with Gasteiger partial charge < -0.3 is 19.9 Å². The molecule has 1 heterocycles. The summed E-state index contributed by atoms with van der Waals surface area (Å²) < 4.78 is 7.37. The van der Waals surface area contributed by atoms with Crippen LogP contribution in [0.1, 0.15) is 41.2 Å². The molecule has 31 heavy (non-hydrogen) atoms. The van der Waals surface area contributed by atoms with Crippen molar-refractivity contribution in [2.75, 3.05) is 12.4 Å². The summed E-state index contributed by atoms with van der Waals surface area (Å²) in [6.07, 6.45) is 0. The molecule has 0 unspecified atom stereocenters. The van der Waals surface area contributed by atoms with E-state index in [4.69, 9.17) is 4.74 Å². The SMILES string of the molecule is COc1cccc(-n2c(C)cc(C(=O)NCc3ccc(NC(=O)C(C)C)cc3)c2C)c1. The van der Waals surface area contributed by atoms with Crippen LogP contribution in [0, 0.1) is 19.8 Å². The van der Waals surface area contributed by atoms with Gasteiger partial charge in [-0.25, -0.2) is 0 Å². The average molecular weight is 420 g/mol. The third kappa shape index (κ3) is 5.15. The predicted octanol–water partition coefficient (Wildman–Crippen LogP) is 4.63. The molecule has 6 nitrogen and oxygen atoms in total. The Morgan fingerprint density at radius 2 is 1.74 bits per heavy atom. The fourth-order valence-electron chi connectivity index (χ4n) is 3.41. The normalized spacial score (nSPS) is 10.8. The van der Waals surface area contributed by atoms with Crippen molar-refractivity contribution < 1.29 is 14.3 Å². The van der Waals surface area contributed by atoms with Crippen LogP contribution < -0.4 is 15.4 Å². The lowest BCUT2D eigenvalue weighted by atomic mass is 10.1. The van der Waals surface area contributed by atoms with Crippen LogP contribution in [-0.4, -0.2) is 23.5 Å². The van der Waals surface area contributed by atoms with Gasteiger partial charge in [0, 0.05) is 41.3 Å². The van der Waals surface area contributed by atoms with Crippen molar-refractivity contribution in [3.05, 3.63) is 77.1 Å². The van der Waals surface area contributed by atoms with Crippen LogP contribution >= 0.6 is 0 Å². The number of carbonyl (C=O) groups is 2. The van der Waals surface area contributed by atoms with Crippen LogP contribution in [0.2, 0.25) is 0 Å². The van der Waals surface area contributed by atoms with Crippen molar-refractivity contribution in [1.29, 1.82) is 0 Å². The van der Waals surface area contributed by atoms with Crippen LogP contribution in [0.5, 0.6) is 5.75 Å². The number of aryl methyl sites for hydroxylation is 1. The monoisotopic (exact) mass is 419 g/mol. The lowest BCUT2D eigenvalue weighted by Crippen LogP contribution is -2.23. The van der Waals surface area contributed by atoms with Crippen LogP contribution in [-0.2, 0) is 11.3 Å². The molecule has 1 aromatic heterocycles. The third-order valence-electron chi connectivity index (χ3n) is 5.19. The smallest absolute Gasteiger partial charge is 0.253 e. The summed E-state index contributed by atoms with van der Waals surface area (Å²) in [5.74, 6) is 0.547. The molecule has 0 saturated heterocycles. The number of ether oxygens (including phenoxy) is 1. The van der Waals surface area contributed by atoms with Crippen molar-refractivity contribution >= 4 is 17.5 Å². The van der Waals surface area contributed by atoms with Gasteiger partial charge in [-0.3, -0.25) is 9.59 Å². The molecule has 0 saturated carbocycles. The second-order valence-electron chi connectivity index (χ2n) is 7.85. The number of hydrogen-bond donors (Lipinski definition) is 2. The maximum Gasteiger partial charge on any atom is 0.253 e. The molecule has 162 valence electrons. The molecule has 0 aliphatic heterocycles. The molecular weight excluding hydrogens is 390 g/mol. The first kappa shape index (κ1) is 22.2. The molecule has 2 N–H and O–H groups in total. The second kappa shape index (κ2) is 9.51. The standard InChI is InChI=1S/C25H29N3O3/c1-16(2)24(29)27-20-11-9-19(10-12-20)15-26-25(30)23-13-17(3)28(18(23)4)21-7-6-8-22(14-21)31-5/h6-14,16H,15H2,1-5H3,(H,26,30)(H,27,29). The molecular formula is C25H29N3O3. The summed E-state index contributed by atoms with van der Waals surface area (Å²) in [5, 5.41) is 5.85. The summed E-state index contributed by atoms with van der Waals surface area (Å²) in [4.78, 5) is 24.6. The molecule has 0 atom stereocenters. The first-order valence-corrected chi connectivity index (χ1v) is 10.3. The molecule has 3 aromatic rings. The van der Waals surface area contributed by atoms with E-state index in [1.807, 2.05) is 86.9 Å². The Morgan fingerprint density at radius 1 is 1.03 bits per heavy atom. The molecule has 0 fully saturated rings.